The predicted octanol–water partition coefficient (Wildman–Crippen LogP) is 4.68. The second-order valence-corrected chi connectivity index (χ2v) is 8.48. The van der Waals surface area contributed by atoms with Gasteiger partial charge in [0.1, 0.15) is 10.9 Å². The monoisotopic (exact) mass is 393 g/mol. The van der Waals surface area contributed by atoms with Gasteiger partial charge in [0.15, 0.2) is 0 Å². The molecule has 0 bridgehead atoms. The van der Waals surface area contributed by atoms with Gasteiger partial charge in [0, 0.05) is 24.2 Å². The molecule has 2 heterocycles. The Hall–Kier alpha value is -1.95. The highest BCUT2D eigenvalue weighted by Crippen LogP contribution is 2.30. The quantitative estimate of drug-likeness (QED) is 0.465. The number of ether oxygens (including phenoxy) is 1. The maximum atomic E-state index is 5.46. The molecule has 0 unspecified atom stereocenters. The third-order valence-electron chi connectivity index (χ3n) is 5.28. The molecule has 0 amide bonds. The zero-order valence-electron chi connectivity index (χ0n) is 16.9. The Balaban J connectivity index is 1.62. The van der Waals surface area contributed by atoms with Crippen LogP contribution >= 0.6 is 11.8 Å². The molecule has 1 aliphatic rings. The number of aryl methyl sites for hydroxylation is 3. The van der Waals surface area contributed by atoms with Gasteiger partial charge in [-0.3, -0.25) is 4.90 Å². The van der Waals surface area contributed by atoms with Gasteiger partial charge >= 0.3 is 0 Å². The van der Waals surface area contributed by atoms with E-state index in [2.05, 4.69) is 62.1 Å². The summed E-state index contributed by atoms with van der Waals surface area (Å²) in [6.45, 7) is 10.8. The normalized spacial score (nSPS) is 15.2. The first kappa shape index (κ1) is 19.4. The number of thioether (sulfide) groups is 1. The predicted molar refractivity (Wildman–Crippen MR) is 116 cm³/mol. The molecule has 146 valence electrons. The van der Waals surface area contributed by atoms with E-state index in [0.717, 1.165) is 60.4 Å². The Morgan fingerprint density at radius 1 is 1.00 bits per heavy atom. The Kier molecular flexibility index (Phi) is 5.95. The molecule has 0 N–H and O–H groups in total. The van der Waals surface area contributed by atoms with Crippen LogP contribution in [0.25, 0.3) is 10.9 Å². The molecule has 1 aromatic heterocycles. The van der Waals surface area contributed by atoms with Crippen LogP contribution in [0.3, 0.4) is 0 Å². The molecule has 1 fully saturated rings. The molecule has 1 saturated heterocycles. The van der Waals surface area contributed by atoms with E-state index in [0.29, 0.717) is 0 Å². The minimum absolute atomic E-state index is 0.782. The highest BCUT2D eigenvalue weighted by molar-refractivity contribution is 7.98. The average Bonchev–Trinajstić information content (AvgIpc) is 2.68. The molecule has 2 aromatic carbocycles. The summed E-state index contributed by atoms with van der Waals surface area (Å²) in [5, 5.41) is 2.22. The summed E-state index contributed by atoms with van der Waals surface area (Å²) in [6, 6.07) is 12.9. The maximum Gasteiger partial charge on any atom is 0.144 e. The van der Waals surface area contributed by atoms with Gasteiger partial charge in [0.05, 0.1) is 25.3 Å². The Morgan fingerprint density at radius 3 is 2.46 bits per heavy atom. The van der Waals surface area contributed by atoms with Crippen LogP contribution in [0.5, 0.6) is 0 Å². The van der Waals surface area contributed by atoms with Crippen molar-refractivity contribution < 1.29 is 4.74 Å². The van der Waals surface area contributed by atoms with Gasteiger partial charge in [0.25, 0.3) is 0 Å². The molecule has 5 heteroatoms. The number of hydrogen-bond acceptors (Lipinski definition) is 5. The van der Waals surface area contributed by atoms with E-state index in [-0.39, 0.29) is 0 Å². The summed E-state index contributed by atoms with van der Waals surface area (Å²) in [6.07, 6.45) is 0. The molecule has 0 spiro atoms. The summed E-state index contributed by atoms with van der Waals surface area (Å²) in [5.74, 6) is 1.83. The highest BCUT2D eigenvalue weighted by atomic mass is 32.2. The fourth-order valence-corrected chi connectivity index (χ4v) is 5.05. The summed E-state index contributed by atoms with van der Waals surface area (Å²) < 4.78 is 5.46. The van der Waals surface area contributed by atoms with Crippen molar-refractivity contribution in [3.63, 3.8) is 0 Å². The minimum atomic E-state index is 0.782. The summed E-state index contributed by atoms with van der Waals surface area (Å²) in [4.78, 5) is 12.2. The SMILES string of the molecule is Cc1cc(C)c(CSc2nc(CN3CCOCC3)nc3ccccc23)c(C)c1. The van der Waals surface area contributed by atoms with Gasteiger partial charge in [-0.1, -0.05) is 35.9 Å². The molecule has 0 atom stereocenters. The van der Waals surface area contributed by atoms with E-state index in [1.807, 2.05) is 11.8 Å². The van der Waals surface area contributed by atoms with Gasteiger partial charge in [-0.15, -0.1) is 11.8 Å². The number of morpholine rings is 1. The van der Waals surface area contributed by atoms with Crippen LogP contribution < -0.4 is 0 Å². The summed E-state index contributed by atoms with van der Waals surface area (Å²) >= 11 is 1.82. The lowest BCUT2D eigenvalue weighted by Gasteiger charge is -2.26. The third kappa shape index (κ3) is 4.37. The van der Waals surface area contributed by atoms with E-state index in [1.165, 1.54) is 22.3 Å². The Labute approximate surface area is 171 Å². The lowest BCUT2D eigenvalue weighted by molar-refractivity contribution is 0.0330. The van der Waals surface area contributed by atoms with Crippen molar-refractivity contribution in [2.24, 2.45) is 0 Å². The molecular formula is C23H27N3OS. The molecule has 0 aliphatic carbocycles. The van der Waals surface area contributed by atoms with Crippen LogP contribution in [0.2, 0.25) is 0 Å². The van der Waals surface area contributed by atoms with Gasteiger partial charge in [-0.2, -0.15) is 0 Å². The number of aromatic nitrogens is 2. The third-order valence-corrected chi connectivity index (χ3v) is 6.29. The number of rotatable bonds is 5. The van der Waals surface area contributed by atoms with Crippen molar-refractivity contribution >= 4 is 22.7 Å². The molecule has 3 aromatic rings. The standard InChI is InChI=1S/C23H27N3OS/c1-16-12-17(2)20(18(3)13-16)15-28-23-19-6-4-5-7-21(19)24-22(25-23)14-26-8-10-27-11-9-26/h4-7,12-13H,8-11,14-15H2,1-3H3. The largest absolute Gasteiger partial charge is 0.379 e. The summed E-state index contributed by atoms with van der Waals surface area (Å²) in [7, 11) is 0. The van der Waals surface area contributed by atoms with Gasteiger partial charge in [-0.05, 0) is 43.5 Å². The first-order chi connectivity index (χ1) is 13.6. The molecule has 0 radical (unpaired) electrons. The number of nitrogens with zero attached hydrogens (tertiary/aromatic N) is 3. The topological polar surface area (TPSA) is 38.2 Å². The fourth-order valence-electron chi connectivity index (χ4n) is 3.81. The molecule has 0 saturated carbocycles. The van der Waals surface area contributed by atoms with E-state index in [9.17, 15) is 0 Å². The fraction of sp³-hybridized carbons (Fsp3) is 0.391. The van der Waals surface area contributed by atoms with E-state index >= 15 is 0 Å². The number of benzene rings is 2. The van der Waals surface area contributed by atoms with Crippen LogP contribution in [0.1, 0.15) is 28.1 Å². The summed E-state index contributed by atoms with van der Waals surface area (Å²) in [5.41, 5.74) is 6.48. The van der Waals surface area contributed by atoms with Crippen LogP contribution in [-0.2, 0) is 17.0 Å². The molecular weight excluding hydrogens is 366 g/mol. The smallest absolute Gasteiger partial charge is 0.144 e. The molecule has 28 heavy (non-hydrogen) atoms. The highest BCUT2D eigenvalue weighted by Gasteiger charge is 2.15. The van der Waals surface area contributed by atoms with E-state index in [4.69, 9.17) is 14.7 Å². The van der Waals surface area contributed by atoms with Crippen LogP contribution in [0.4, 0.5) is 0 Å². The van der Waals surface area contributed by atoms with Crippen molar-refractivity contribution in [3.8, 4) is 0 Å². The zero-order chi connectivity index (χ0) is 19.5. The minimum Gasteiger partial charge on any atom is -0.379 e. The number of fused-ring (bicyclic) bond motifs is 1. The first-order valence-corrected chi connectivity index (χ1v) is 10.8. The Morgan fingerprint density at radius 2 is 1.71 bits per heavy atom. The molecule has 4 rings (SSSR count). The first-order valence-electron chi connectivity index (χ1n) is 9.85. The number of hydrogen-bond donors (Lipinski definition) is 0. The average molecular weight is 394 g/mol. The van der Waals surface area contributed by atoms with Crippen LogP contribution in [-0.4, -0.2) is 41.2 Å². The molecule has 1 aliphatic heterocycles. The number of para-hydroxylation sites is 1. The zero-order valence-corrected chi connectivity index (χ0v) is 17.7. The van der Waals surface area contributed by atoms with Crippen molar-refractivity contribution in [1.82, 2.24) is 14.9 Å². The lowest BCUT2D eigenvalue weighted by atomic mass is 10.0. The van der Waals surface area contributed by atoms with Crippen molar-refractivity contribution in [2.75, 3.05) is 26.3 Å². The second kappa shape index (κ2) is 8.60. The Bertz CT molecular complexity index is 960. The molecule has 4 nitrogen and oxygen atoms in total. The van der Waals surface area contributed by atoms with E-state index in [1.54, 1.807) is 0 Å². The van der Waals surface area contributed by atoms with Crippen LogP contribution in [0, 0.1) is 20.8 Å². The second-order valence-electron chi connectivity index (χ2n) is 7.52. The van der Waals surface area contributed by atoms with Crippen molar-refractivity contribution in [2.45, 2.75) is 38.1 Å². The van der Waals surface area contributed by atoms with Gasteiger partial charge in [-0.25, -0.2) is 9.97 Å². The van der Waals surface area contributed by atoms with Crippen molar-refractivity contribution in [3.05, 3.63) is 64.5 Å². The van der Waals surface area contributed by atoms with Crippen LogP contribution in [0.15, 0.2) is 41.4 Å². The maximum absolute atomic E-state index is 5.46. The van der Waals surface area contributed by atoms with Crippen molar-refractivity contribution in [1.29, 1.82) is 0 Å². The lowest BCUT2D eigenvalue weighted by Crippen LogP contribution is -2.36. The van der Waals surface area contributed by atoms with Gasteiger partial charge < -0.3 is 4.74 Å². The van der Waals surface area contributed by atoms with E-state index < -0.39 is 0 Å². The van der Waals surface area contributed by atoms with Gasteiger partial charge in [0.2, 0.25) is 0 Å².